The lowest BCUT2D eigenvalue weighted by Gasteiger charge is -2.06. The summed E-state index contributed by atoms with van der Waals surface area (Å²) in [6.45, 7) is 0.476. The van der Waals surface area contributed by atoms with Crippen molar-refractivity contribution in [3.05, 3.63) is 70.0 Å². The topological polar surface area (TPSA) is 75.1 Å². The Morgan fingerprint density at radius 1 is 1.17 bits per heavy atom. The predicted molar refractivity (Wildman–Crippen MR) is 88.3 cm³/mol. The van der Waals surface area contributed by atoms with Gasteiger partial charge in [-0.05, 0) is 42.2 Å². The summed E-state index contributed by atoms with van der Waals surface area (Å²) in [5.41, 5.74) is 2.68. The third kappa shape index (κ3) is 3.90. The molecule has 0 aliphatic carbocycles. The minimum atomic E-state index is -0.483. The molecule has 124 valence electrons. The Morgan fingerprint density at radius 2 is 2.00 bits per heavy atom. The number of rotatable bonds is 6. The van der Waals surface area contributed by atoms with Crippen LogP contribution in [0.5, 0.6) is 0 Å². The third-order valence-electron chi connectivity index (χ3n) is 3.80. The average molecular weight is 328 g/mol. The number of carbonyl (C=O) groups is 1. The van der Waals surface area contributed by atoms with Gasteiger partial charge in [0, 0.05) is 13.0 Å². The van der Waals surface area contributed by atoms with Gasteiger partial charge in [0.05, 0.1) is 5.52 Å². The van der Waals surface area contributed by atoms with E-state index in [0.717, 1.165) is 5.56 Å². The van der Waals surface area contributed by atoms with Gasteiger partial charge in [-0.1, -0.05) is 24.3 Å². The molecule has 24 heavy (non-hydrogen) atoms. The van der Waals surface area contributed by atoms with E-state index < -0.39 is 5.76 Å². The molecule has 1 aromatic heterocycles. The second kappa shape index (κ2) is 7.12. The van der Waals surface area contributed by atoms with E-state index in [1.54, 1.807) is 24.3 Å². The highest BCUT2D eigenvalue weighted by molar-refractivity contribution is 5.76. The quantitative estimate of drug-likeness (QED) is 0.730. The summed E-state index contributed by atoms with van der Waals surface area (Å²) in [4.78, 5) is 25.5. The first-order valence-corrected chi connectivity index (χ1v) is 7.74. The fourth-order valence-corrected chi connectivity index (χ4v) is 2.54. The van der Waals surface area contributed by atoms with E-state index in [0.29, 0.717) is 36.0 Å². The smallest absolute Gasteiger partial charge is 0.408 e. The van der Waals surface area contributed by atoms with Gasteiger partial charge < -0.3 is 9.73 Å². The lowest BCUT2D eigenvalue weighted by Crippen LogP contribution is -2.25. The van der Waals surface area contributed by atoms with Crippen molar-refractivity contribution in [1.82, 2.24) is 10.3 Å². The Kier molecular flexibility index (Phi) is 4.74. The minimum Gasteiger partial charge on any atom is -0.408 e. The first-order valence-electron chi connectivity index (χ1n) is 7.74. The van der Waals surface area contributed by atoms with Gasteiger partial charge in [-0.15, -0.1) is 0 Å². The monoisotopic (exact) mass is 328 g/mol. The molecular formula is C18H17FN2O3. The highest BCUT2D eigenvalue weighted by atomic mass is 19.1. The van der Waals surface area contributed by atoms with Crippen molar-refractivity contribution >= 4 is 17.0 Å². The maximum absolute atomic E-state index is 13.5. The van der Waals surface area contributed by atoms with E-state index in [1.807, 2.05) is 12.1 Å². The van der Waals surface area contributed by atoms with Crippen LogP contribution in [0.25, 0.3) is 11.1 Å². The Balaban J connectivity index is 1.47. The van der Waals surface area contributed by atoms with Crippen LogP contribution >= 0.6 is 0 Å². The maximum atomic E-state index is 13.5. The number of nitrogens with one attached hydrogen (secondary N) is 2. The van der Waals surface area contributed by atoms with Crippen LogP contribution in [0.1, 0.15) is 17.5 Å². The molecule has 6 heteroatoms. The molecule has 0 aliphatic rings. The van der Waals surface area contributed by atoms with E-state index in [1.165, 1.54) is 6.07 Å². The van der Waals surface area contributed by atoms with Gasteiger partial charge in [0.25, 0.3) is 0 Å². The number of halogens is 1. The van der Waals surface area contributed by atoms with E-state index >= 15 is 0 Å². The summed E-state index contributed by atoms with van der Waals surface area (Å²) in [6, 6.07) is 11.9. The predicted octanol–water partition coefficient (Wildman–Crippen LogP) is 2.55. The molecule has 0 spiro atoms. The van der Waals surface area contributed by atoms with E-state index in [9.17, 15) is 14.0 Å². The van der Waals surface area contributed by atoms with Crippen LogP contribution in [-0.4, -0.2) is 17.4 Å². The van der Waals surface area contributed by atoms with Crippen molar-refractivity contribution < 1.29 is 13.6 Å². The molecule has 1 heterocycles. The van der Waals surface area contributed by atoms with Crippen LogP contribution in [0.4, 0.5) is 4.39 Å². The zero-order chi connectivity index (χ0) is 16.9. The van der Waals surface area contributed by atoms with E-state index in [-0.39, 0.29) is 18.1 Å². The van der Waals surface area contributed by atoms with Crippen LogP contribution in [0.3, 0.4) is 0 Å². The van der Waals surface area contributed by atoms with Crippen LogP contribution in [0.2, 0.25) is 0 Å². The number of benzene rings is 2. The number of fused-ring (bicyclic) bond motifs is 1. The molecule has 0 bridgehead atoms. The number of hydrogen-bond donors (Lipinski definition) is 2. The molecule has 3 aromatic rings. The molecule has 0 atom stereocenters. The van der Waals surface area contributed by atoms with Crippen molar-refractivity contribution in [2.24, 2.45) is 0 Å². The van der Waals surface area contributed by atoms with Gasteiger partial charge in [0.1, 0.15) is 5.82 Å². The van der Waals surface area contributed by atoms with Crippen LogP contribution in [0, 0.1) is 5.82 Å². The minimum absolute atomic E-state index is 0.115. The third-order valence-corrected chi connectivity index (χ3v) is 3.80. The summed E-state index contributed by atoms with van der Waals surface area (Å²) in [6.07, 6.45) is 1.25. The maximum Gasteiger partial charge on any atom is 0.417 e. The lowest BCUT2D eigenvalue weighted by atomic mass is 10.1. The van der Waals surface area contributed by atoms with Gasteiger partial charge in [0.2, 0.25) is 5.91 Å². The lowest BCUT2D eigenvalue weighted by molar-refractivity contribution is -0.121. The molecule has 0 aliphatic heterocycles. The number of H-pyrrole nitrogens is 1. The summed E-state index contributed by atoms with van der Waals surface area (Å²) in [5.74, 6) is -0.882. The Labute approximate surface area is 137 Å². The molecule has 2 N–H and O–H groups in total. The van der Waals surface area contributed by atoms with Crippen molar-refractivity contribution in [3.8, 4) is 0 Å². The number of aromatic amines is 1. The first kappa shape index (κ1) is 16.0. The molecule has 0 saturated heterocycles. The number of carbonyl (C=O) groups excluding carboxylic acids is 1. The normalized spacial score (nSPS) is 10.9. The number of hydrogen-bond acceptors (Lipinski definition) is 3. The van der Waals surface area contributed by atoms with Gasteiger partial charge in [0.15, 0.2) is 5.58 Å². The Bertz CT molecular complexity index is 914. The van der Waals surface area contributed by atoms with Gasteiger partial charge in [-0.3, -0.25) is 9.78 Å². The highest BCUT2D eigenvalue weighted by Crippen LogP contribution is 2.12. The molecule has 1 amide bonds. The number of amides is 1. The first-order chi connectivity index (χ1) is 11.6. The highest BCUT2D eigenvalue weighted by Gasteiger charge is 2.06. The molecule has 5 nitrogen and oxygen atoms in total. The standard InChI is InChI=1S/C18H17FN2O3/c19-14-4-2-1-3-13(14)6-8-17(22)20-10-9-12-5-7-16-15(11-12)21-18(23)24-16/h1-5,7,11H,6,8-10H2,(H,20,22)(H,21,23). The average Bonchev–Trinajstić information content (AvgIpc) is 2.93. The molecule has 2 aromatic carbocycles. The number of oxazole rings is 1. The summed E-state index contributed by atoms with van der Waals surface area (Å²) in [5, 5.41) is 2.82. The van der Waals surface area contributed by atoms with Crippen molar-refractivity contribution in [1.29, 1.82) is 0 Å². The molecule has 0 fully saturated rings. The second-order valence-corrected chi connectivity index (χ2v) is 5.54. The SMILES string of the molecule is O=C(CCc1ccccc1F)NCCc1ccc2oc(=O)[nH]c2c1. The largest absolute Gasteiger partial charge is 0.417 e. The second-order valence-electron chi connectivity index (χ2n) is 5.54. The molecular weight excluding hydrogens is 311 g/mol. The van der Waals surface area contributed by atoms with Gasteiger partial charge in [-0.25, -0.2) is 9.18 Å². The fourth-order valence-electron chi connectivity index (χ4n) is 2.54. The summed E-state index contributed by atoms with van der Waals surface area (Å²) < 4.78 is 18.4. The zero-order valence-electron chi connectivity index (χ0n) is 13.0. The number of aromatic nitrogens is 1. The van der Waals surface area contributed by atoms with E-state index in [4.69, 9.17) is 4.42 Å². The number of aryl methyl sites for hydroxylation is 1. The molecule has 0 unspecified atom stereocenters. The Hall–Kier alpha value is -2.89. The van der Waals surface area contributed by atoms with Gasteiger partial charge in [-0.2, -0.15) is 0 Å². The van der Waals surface area contributed by atoms with Crippen LogP contribution in [0.15, 0.2) is 51.7 Å². The molecule has 0 saturated carbocycles. The molecule has 3 rings (SSSR count). The Morgan fingerprint density at radius 3 is 2.83 bits per heavy atom. The molecule has 0 radical (unpaired) electrons. The van der Waals surface area contributed by atoms with Crippen LogP contribution in [-0.2, 0) is 17.6 Å². The summed E-state index contributed by atoms with van der Waals surface area (Å²) in [7, 11) is 0. The van der Waals surface area contributed by atoms with E-state index in [2.05, 4.69) is 10.3 Å². The zero-order valence-corrected chi connectivity index (χ0v) is 13.0. The summed E-state index contributed by atoms with van der Waals surface area (Å²) >= 11 is 0. The fraction of sp³-hybridized carbons (Fsp3) is 0.222. The van der Waals surface area contributed by atoms with Crippen molar-refractivity contribution in [2.75, 3.05) is 6.54 Å². The van der Waals surface area contributed by atoms with Crippen molar-refractivity contribution in [3.63, 3.8) is 0 Å². The van der Waals surface area contributed by atoms with Crippen LogP contribution < -0.4 is 11.1 Å². The van der Waals surface area contributed by atoms with Crippen molar-refractivity contribution in [2.45, 2.75) is 19.3 Å². The van der Waals surface area contributed by atoms with Gasteiger partial charge >= 0.3 is 5.76 Å².